The molecule has 3 nitrogen and oxygen atoms in total. The number of carbonyl (C=O) groups excluding carboxylic acids is 1. The molecule has 2 atom stereocenters. The number of nitrogen functional groups attached to an aromatic ring is 1. The standard InChI is InChI=1S/C13H15ClN2O/c14-11-6-9(2-4-12(11)15)13(17)16-7-8-1-3-10(16)5-8/h2,4,6,8,10H,1,3,5,7,15H2. The van der Waals surface area contributed by atoms with Crippen molar-refractivity contribution in [2.45, 2.75) is 25.3 Å². The number of likely N-dealkylation sites (tertiary alicyclic amines) is 1. The molecule has 17 heavy (non-hydrogen) atoms. The monoisotopic (exact) mass is 250 g/mol. The number of anilines is 1. The number of nitrogens with two attached hydrogens (primary N) is 1. The highest BCUT2D eigenvalue weighted by molar-refractivity contribution is 6.33. The van der Waals surface area contributed by atoms with Crippen molar-refractivity contribution in [3.8, 4) is 0 Å². The van der Waals surface area contributed by atoms with E-state index in [0.717, 1.165) is 13.0 Å². The second-order valence-corrected chi connectivity index (χ2v) is 5.43. The van der Waals surface area contributed by atoms with E-state index < -0.39 is 0 Å². The Morgan fingerprint density at radius 2 is 2.24 bits per heavy atom. The van der Waals surface area contributed by atoms with Gasteiger partial charge in [0.2, 0.25) is 0 Å². The molecule has 1 aliphatic carbocycles. The molecule has 2 N–H and O–H groups in total. The smallest absolute Gasteiger partial charge is 0.254 e. The van der Waals surface area contributed by atoms with Gasteiger partial charge in [-0.25, -0.2) is 0 Å². The van der Waals surface area contributed by atoms with E-state index in [1.165, 1.54) is 12.8 Å². The summed E-state index contributed by atoms with van der Waals surface area (Å²) in [6.07, 6.45) is 3.60. The van der Waals surface area contributed by atoms with Crippen LogP contribution in [0.4, 0.5) is 5.69 Å². The van der Waals surface area contributed by atoms with Crippen molar-refractivity contribution in [1.29, 1.82) is 0 Å². The third-order valence-electron chi connectivity index (χ3n) is 3.92. The Hall–Kier alpha value is -1.22. The van der Waals surface area contributed by atoms with E-state index in [4.69, 9.17) is 17.3 Å². The molecule has 1 amide bonds. The van der Waals surface area contributed by atoms with Crippen molar-refractivity contribution in [1.82, 2.24) is 4.90 Å². The van der Waals surface area contributed by atoms with Gasteiger partial charge >= 0.3 is 0 Å². The summed E-state index contributed by atoms with van der Waals surface area (Å²) in [5.74, 6) is 0.812. The zero-order valence-corrected chi connectivity index (χ0v) is 10.3. The minimum atomic E-state index is 0.0964. The predicted octanol–water partition coefficient (Wildman–Crippen LogP) is 2.55. The first kappa shape index (κ1) is 10.9. The number of piperidine rings is 1. The summed E-state index contributed by atoms with van der Waals surface area (Å²) in [7, 11) is 0. The second-order valence-electron chi connectivity index (χ2n) is 5.03. The molecule has 1 saturated heterocycles. The van der Waals surface area contributed by atoms with E-state index in [1.54, 1.807) is 18.2 Å². The Labute approximate surface area is 106 Å². The van der Waals surface area contributed by atoms with Gasteiger partial charge in [-0.1, -0.05) is 11.6 Å². The van der Waals surface area contributed by atoms with Gasteiger partial charge in [-0.15, -0.1) is 0 Å². The molecule has 1 heterocycles. The number of fused-ring (bicyclic) bond motifs is 2. The maximum Gasteiger partial charge on any atom is 0.254 e. The lowest BCUT2D eigenvalue weighted by atomic mass is 10.1. The van der Waals surface area contributed by atoms with Crippen LogP contribution in [0, 0.1) is 5.92 Å². The van der Waals surface area contributed by atoms with E-state index in [1.807, 2.05) is 4.90 Å². The molecule has 2 unspecified atom stereocenters. The van der Waals surface area contributed by atoms with E-state index in [2.05, 4.69) is 0 Å². The molecule has 0 radical (unpaired) electrons. The maximum atomic E-state index is 12.3. The van der Waals surface area contributed by atoms with E-state index in [-0.39, 0.29) is 5.91 Å². The van der Waals surface area contributed by atoms with Crippen LogP contribution in [0.5, 0.6) is 0 Å². The number of rotatable bonds is 1. The van der Waals surface area contributed by atoms with Gasteiger partial charge in [-0.3, -0.25) is 4.79 Å². The SMILES string of the molecule is Nc1ccc(C(=O)N2CC3CCC2C3)cc1Cl. The minimum absolute atomic E-state index is 0.0964. The van der Waals surface area contributed by atoms with Gasteiger partial charge in [0.1, 0.15) is 0 Å². The van der Waals surface area contributed by atoms with Crippen LogP contribution < -0.4 is 5.73 Å². The number of nitrogens with zero attached hydrogens (tertiary/aromatic N) is 1. The topological polar surface area (TPSA) is 46.3 Å². The van der Waals surface area contributed by atoms with Gasteiger partial charge < -0.3 is 10.6 Å². The number of hydrogen-bond acceptors (Lipinski definition) is 2. The molecule has 0 spiro atoms. The predicted molar refractivity (Wildman–Crippen MR) is 68.0 cm³/mol. The summed E-state index contributed by atoms with van der Waals surface area (Å²) in [6, 6.07) is 5.58. The fourth-order valence-electron chi connectivity index (χ4n) is 3.00. The summed E-state index contributed by atoms with van der Waals surface area (Å²) in [5.41, 5.74) is 6.82. The Bertz CT molecular complexity index is 474. The lowest BCUT2D eigenvalue weighted by molar-refractivity contribution is 0.0703. The third-order valence-corrected chi connectivity index (χ3v) is 4.24. The van der Waals surface area contributed by atoms with Crippen LogP contribution in [0.25, 0.3) is 0 Å². The molecular formula is C13H15ClN2O. The first-order chi connectivity index (χ1) is 8.15. The molecule has 3 rings (SSSR count). The maximum absolute atomic E-state index is 12.3. The number of hydrogen-bond donors (Lipinski definition) is 1. The molecule has 1 aromatic rings. The third kappa shape index (κ3) is 1.78. The lowest BCUT2D eigenvalue weighted by Crippen LogP contribution is -2.37. The normalized spacial score (nSPS) is 26.5. The molecular weight excluding hydrogens is 236 g/mol. The van der Waals surface area contributed by atoms with Crippen molar-refractivity contribution >= 4 is 23.2 Å². The highest BCUT2D eigenvalue weighted by Crippen LogP contribution is 2.38. The molecule has 1 aliphatic heterocycles. The van der Waals surface area contributed by atoms with Gasteiger partial charge in [0.25, 0.3) is 5.91 Å². The van der Waals surface area contributed by atoms with Crippen molar-refractivity contribution in [2.75, 3.05) is 12.3 Å². The Morgan fingerprint density at radius 3 is 2.82 bits per heavy atom. The fraction of sp³-hybridized carbons (Fsp3) is 0.462. The van der Waals surface area contributed by atoms with Crippen LogP contribution in [0.2, 0.25) is 5.02 Å². The molecule has 0 aromatic heterocycles. The van der Waals surface area contributed by atoms with Gasteiger partial charge in [0.05, 0.1) is 10.7 Å². The average Bonchev–Trinajstić information content (AvgIpc) is 2.93. The van der Waals surface area contributed by atoms with Crippen LogP contribution in [0.15, 0.2) is 18.2 Å². The highest BCUT2D eigenvalue weighted by Gasteiger charge is 2.40. The van der Waals surface area contributed by atoms with Gasteiger partial charge in [0.15, 0.2) is 0 Å². The number of carbonyl (C=O) groups is 1. The van der Waals surface area contributed by atoms with Crippen molar-refractivity contribution in [3.63, 3.8) is 0 Å². The lowest BCUT2D eigenvalue weighted by Gasteiger charge is -2.27. The molecule has 2 bridgehead atoms. The van der Waals surface area contributed by atoms with Crippen LogP contribution in [0.1, 0.15) is 29.6 Å². The number of halogens is 1. The Kier molecular flexibility index (Phi) is 2.51. The molecule has 2 fully saturated rings. The van der Waals surface area contributed by atoms with Gasteiger partial charge in [-0.2, -0.15) is 0 Å². The first-order valence-corrected chi connectivity index (χ1v) is 6.39. The summed E-state index contributed by atoms with van der Waals surface area (Å²) < 4.78 is 0. The van der Waals surface area contributed by atoms with Crippen molar-refractivity contribution in [3.05, 3.63) is 28.8 Å². The number of amides is 1. The Balaban J connectivity index is 1.84. The van der Waals surface area contributed by atoms with Crippen LogP contribution in [-0.2, 0) is 0 Å². The summed E-state index contributed by atoms with van der Waals surface area (Å²) in [4.78, 5) is 14.3. The fourth-order valence-corrected chi connectivity index (χ4v) is 3.18. The van der Waals surface area contributed by atoms with Crippen molar-refractivity contribution < 1.29 is 4.79 Å². The van der Waals surface area contributed by atoms with E-state index in [9.17, 15) is 4.79 Å². The zero-order chi connectivity index (χ0) is 12.0. The van der Waals surface area contributed by atoms with Crippen LogP contribution in [-0.4, -0.2) is 23.4 Å². The van der Waals surface area contributed by atoms with Crippen LogP contribution >= 0.6 is 11.6 Å². The first-order valence-electron chi connectivity index (χ1n) is 6.01. The van der Waals surface area contributed by atoms with Crippen molar-refractivity contribution in [2.24, 2.45) is 5.92 Å². The molecule has 90 valence electrons. The van der Waals surface area contributed by atoms with Gasteiger partial charge in [0, 0.05) is 18.2 Å². The second kappa shape index (κ2) is 3.91. The van der Waals surface area contributed by atoms with E-state index >= 15 is 0 Å². The van der Waals surface area contributed by atoms with E-state index in [0.29, 0.717) is 28.2 Å². The number of benzene rings is 1. The molecule has 1 aromatic carbocycles. The largest absolute Gasteiger partial charge is 0.398 e. The highest BCUT2D eigenvalue weighted by atomic mass is 35.5. The molecule has 2 aliphatic rings. The van der Waals surface area contributed by atoms with Crippen LogP contribution in [0.3, 0.4) is 0 Å². The van der Waals surface area contributed by atoms with Gasteiger partial charge in [-0.05, 0) is 43.4 Å². The summed E-state index contributed by atoms with van der Waals surface area (Å²) >= 11 is 5.95. The molecule has 1 saturated carbocycles. The minimum Gasteiger partial charge on any atom is -0.398 e. The average molecular weight is 251 g/mol. The summed E-state index contributed by atoms with van der Waals surface area (Å²) in [5, 5.41) is 0.459. The zero-order valence-electron chi connectivity index (χ0n) is 9.53. The quantitative estimate of drug-likeness (QED) is 0.779. The Morgan fingerprint density at radius 1 is 1.41 bits per heavy atom. The summed E-state index contributed by atoms with van der Waals surface area (Å²) in [6.45, 7) is 0.908. The molecule has 4 heteroatoms.